The van der Waals surface area contributed by atoms with Gasteiger partial charge in [0.15, 0.2) is 0 Å². The van der Waals surface area contributed by atoms with Gasteiger partial charge in [-0.05, 0) is 61.7 Å². The molecule has 2 heterocycles. The molecule has 38 heavy (non-hydrogen) atoms. The highest BCUT2D eigenvalue weighted by atomic mass is 19.1. The summed E-state index contributed by atoms with van der Waals surface area (Å²) in [6.45, 7) is 3.09. The fraction of sp³-hybridized carbons (Fsp3) is 0.286. The highest BCUT2D eigenvalue weighted by molar-refractivity contribution is 5.97. The molecule has 2 N–H and O–H groups in total. The van der Waals surface area contributed by atoms with Crippen LogP contribution in [0.2, 0.25) is 0 Å². The van der Waals surface area contributed by atoms with Gasteiger partial charge in [-0.2, -0.15) is 0 Å². The molecule has 0 spiro atoms. The van der Waals surface area contributed by atoms with Crippen molar-refractivity contribution in [1.82, 2.24) is 5.32 Å². The summed E-state index contributed by atoms with van der Waals surface area (Å²) in [5.41, 5.74) is 3.19. The first-order valence-corrected chi connectivity index (χ1v) is 12.5. The van der Waals surface area contributed by atoms with E-state index in [1.807, 2.05) is 29.2 Å². The van der Waals surface area contributed by atoms with Crippen molar-refractivity contribution < 1.29 is 23.9 Å². The number of para-hydroxylation sites is 1. The molecule has 1 unspecified atom stereocenters. The number of nitrogens with zero attached hydrogens (tertiary/aromatic N) is 3. The molecule has 2 amide bonds. The van der Waals surface area contributed by atoms with E-state index in [9.17, 15) is 24.4 Å². The average molecular weight is 520 g/mol. The molecule has 2 aliphatic heterocycles. The molecule has 0 aromatic heterocycles. The van der Waals surface area contributed by atoms with E-state index in [2.05, 4.69) is 5.32 Å². The molecule has 3 aromatic rings. The van der Waals surface area contributed by atoms with E-state index >= 15 is 0 Å². The molecule has 3 aromatic carbocycles. The quantitative estimate of drug-likeness (QED) is 0.435. The lowest BCUT2D eigenvalue weighted by molar-refractivity contribution is 0.0939. The van der Waals surface area contributed by atoms with Gasteiger partial charge in [-0.25, -0.2) is 9.18 Å². The number of hydrogen-bond donors (Lipinski definition) is 2. The van der Waals surface area contributed by atoms with Crippen LogP contribution in [-0.2, 0) is 11.3 Å². The summed E-state index contributed by atoms with van der Waals surface area (Å²) in [7, 11) is 0. The molecule has 1 saturated heterocycles. The number of anilines is 3. The van der Waals surface area contributed by atoms with Crippen molar-refractivity contribution in [3.05, 3.63) is 94.4 Å². The SMILES string of the molecule is CC(NC(=O)c1ccc(N2CCC(N3C(=O)OCc4ccccc43)CC2)c(N([O-])O)c1)c1ccc(F)cc1. The standard InChI is InChI=1S/C28H28FN4O5/c1-18(19-6-9-22(29)10-7-19)30-27(34)20-8-11-25(26(16-20)33(36)37)31-14-12-23(13-15-31)32-24-5-3-2-4-21(24)17-38-28(32)35/h2-11,16,18,23,36H,12-15,17H2,1H3,(H,30,34)/q-1. The van der Waals surface area contributed by atoms with Crippen LogP contribution in [0.15, 0.2) is 66.7 Å². The lowest BCUT2D eigenvalue weighted by Crippen LogP contribution is -2.49. The maximum Gasteiger partial charge on any atom is 0.414 e. The minimum atomic E-state index is -0.433. The normalized spacial score (nSPS) is 16.5. The van der Waals surface area contributed by atoms with Gasteiger partial charge < -0.3 is 25.4 Å². The van der Waals surface area contributed by atoms with E-state index in [0.29, 0.717) is 31.6 Å². The predicted octanol–water partition coefficient (Wildman–Crippen LogP) is 5.14. The van der Waals surface area contributed by atoms with E-state index < -0.39 is 11.9 Å². The van der Waals surface area contributed by atoms with Crippen LogP contribution in [0.4, 0.5) is 26.2 Å². The van der Waals surface area contributed by atoms with Crippen LogP contribution in [0, 0.1) is 11.0 Å². The first-order valence-electron chi connectivity index (χ1n) is 12.5. The minimum absolute atomic E-state index is 0.0479. The summed E-state index contributed by atoms with van der Waals surface area (Å²) in [6.07, 6.45) is 0.893. The van der Waals surface area contributed by atoms with Crippen molar-refractivity contribution in [3.8, 4) is 0 Å². The second kappa shape index (κ2) is 10.7. The number of benzene rings is 3. The Labute approximate surface area is 219 Å². The van der Waals surface area contributed by atoms with Gasteiger partial charge in [-0.3, -0.25) is 14.9 Å². The second-order valence-electron chi connectivity index (χ2n) is 9.49. The number of amides is 2. The topological polar surface area (TPSA) is 108 Å². The van der Waals surface area contributed by atoms with Crippen molar-refractivity contribution in [3.63, 3.8) is 0 Å². The summed E-state index contributed by atoms with van der Waals surface area (Å²) >= 11 is 0. The molecule has 0 saturated carbocycles. The summed E-state index contributed by atoms with van der Waals surface area (Å²) in [6, 6.07) is 17.6. The summed E-state index contributed by atoms with van der Waals surface area (Å²) in [4.78, 5) is 29.1. The Balaban J connectivity index is 1.29. The van der Waals surface area contributed by atoms with Gasteiger partial charge >= 0.3 is 6.09 Å². The molecule has 5 rings (SSSR count). The van der Waals surface area contributed by atoms with Gasteiger partial charge in [0.25, 0.3) is 5.91 Å². The third-order valence-corrected chi connectivity index (χ3v) is 7.13. The highest BCUT2D eigenvalue weighted by Crippen LogP contribution is 2.35. The van der Waals surface area contributed by atoms with Crippen molar-refractivity contribution in [2.75, 3.05) is 28.1 Å². The maximum atomic E-state index is 13.2. The monoisotopic (exact) mass is 519 g/mol. The molecule has 10 heteroatoms. The number of carbonyl (C=O) groups is 2. The zero-order chi connectivity index (χ0) is 26.8. The molecular formula is C28H28FN4O5-. The number of fused-ring (bicyclic) bond motifs is 1. The molecule has 1 atom stereocenters. The van der Waals surface area contributed by atoms with Crippen LogP contribution in [0.25, 0.3) is 0 Å². The van der Waals surface area contributed by atoms with E-state index in [1.165, 1.54) is 18.2 Å². The van der Waals surface area contributed by atoms with Gasteiger partial charge in [-0.1, -0.05) is 30.3 Å². The highest BCUT2D eigenvalue weighted by Gasteiger charge is 2.34. The third-order valence-electron chi connectivity index (χ3n) is 7.13. The molecule has 0 aliphatic carbocycles. The van der Waals surface area contributed by atoms with E-state index in [0.717, 1.165) is 16.8 Å². The minimum Gasteiger partial charge on any atom is -0.733 e. The summed E-state index contributed by atoms with van der Waals surface area (Å²) in [5, 5.41) is 24.5. The number of rotatable bonds is 6. The smallest absolute Gasteiger partial charge is 0.414 e. The van der Waals surface area contributed by atoms with E-state index in [-0.39, 0.29) is 41.0 Å². The predicted molar refractivity (Wildman–Crippen MR) is 141 cm³/mol. The Bertz CT molecular complexity index is 1330. The molecule has 2 aliphatic rings. The molecule has 0 bridgehead atoms. The van der Waals surface area contributed by atoms with Gasteiger partial charge in [0.2, 0.25) is 0 Å². The molecule has 9 nitrogen and oxygen atoms in total. The molecule has 198 valence electrons. The van der Waals surface area contributed by atoms with Crippen LogP contribution in [0.3, 0.4) is 0 Å². The second-order valence-corrected chi connectivity index (χ2v) is 9.49. The van der Waals surface area contributed by atoms with Crippen LogP contribution >= 0.6 is 0 Å². The zero-order valence-electron chi connectivity index (χ0n) is 20.8. The fourth-order valence-electron chi connectivity index (χ4n) is 5.09. The Kier molecular flexibility index (Phi) is 7.17. The van der Waals surface area contributed by atoms with Gasteiger partial charge in [0.1, 0.15) is 12.4 Å². The van der Waals surface area contributed by atoms with Crippen LogP contribution in [0.1, 0.15) is 47.3 Å². The number of carbonyl (C=O) groups excluding carboxylic acids is 2. The Morgan fingerprint density at radius 2 is 1.82 bits per heavy atom. The van der Waals surface area contributed by atoms with Crippen LogP contribution in [0.5, 0.6) is 0 Å². The first-order chi connectivity index (χ1) is 18.3. The van der Waals surface area contributed by atoms with Gasteiger partial charge in [0.05, 0.1) is 23.1 Å². The largest absolute Gasteiger partial charge is 0.733 e. The van der Waals surface area contributed by atoms with Crippen LogP contribution < -0.4 is 20.3 Å². The van der Waals surface area contributed by atoms with Crippen molar-refractivity contribution in [1.29, 1.82) is 0 Å². The Morgan fingerprint density at radius 1 is 1.11 bits per heavy atom. The number of cyclic esters (lactones) is 1. The fourth-order valence-corrected chi connectivity index (χ4v) is 5.09. The Hall–Kier alpha value is -4.15. The molecule has 0 radical (unpaired) electrons. The number of piperidine rings is 1. The van der Waals surface area contributed by atoms with Crippen molar-refractivity contribution in [2.45, 2.75) is 38.5 Å². The lowest BCUT2D eigenvalue weighted by Gasteiger charge is -2.42. The molecule has 1 fully saturated rings. The van der Waals surface area contributed by atoms with E-state index in [1.54, 1.807) is 36.1 Å². The van der Waals surface area contributed by atoms with E-state index in [4.69, 9.17) is 4.74 Å². The first kappa shape index (κ1) is 25.5. The average Bonchev–Trinajstić information content (AvgIpc) is 2.93. The number of hydrogen-bond acceptors (Lipinski definition) is 7. The van der Waals surface area contributed by atoms with Crippen molar-refractivity contribution in [2.24, 2.45) is 0 Å². The van der Waals surface area contributed by atoms with Gasteiger partial charge in [0, 0.05) is 30.3 Å². The maximum absolute atomic E-state index is 13.2. The Morgan fingerprint density at radius 3 is 2.53 bits per heavy atom. The zero-order valence-corrected chi connectivity index (χ0v) is 20.8. The third kappa shape index (κ3) is 5.13. The van der Waals surface area contributed by atoms with Crippen molar-refractivity contribution >= 4 is 29.1 Å². The summed E-state index contributed by atoms with van der Waals surface area (Å²) < 4.78 is 18.6. The van der Waals surface area contributed by atoms with Crippen LogP contribution in [-0.4, -0.2) is 36.3 Å². The summed E-state index contributed by atoms with van der Waals surface area (Å²) in [5.74, 6) is -0.798. The molecular weight excluding hydrogens is 491 g/mol. The lowest BCUT2D eigenvalue weighted by atomic mass is 9.99. The number of nitrogens with one attached hydrogen (secondary N) is 1. The van der Waals surface area contributed by atoms with Gasteiger partial charge in [-0.15, -0.1) is 0 Å². The number of ether oxygens (including phenoxy) is 1. The number of halogens is 1.